The van der Waals surface area contributed by atoms with Gasteiger partial charge in [0.1, 0.15) is 6.54 Å². The van der Waals surface area contributed by atoms with Crippen LogP contribution in [0, 0.1) is 12.7 Å². The molecule has 0 saturated carbocycles. The number of hydrogen-bond acceptors (Lipinski definition) is 3. The van der Waals surface area contributed by atoms with Crippen molar-refractivity contribution in [1.29, 1.82) is 0 Å². The van der Waals surface area contributed by atoms with E-state index in [0.29, 0.717) is 10.9 Å². The number of fused-ring (bicyclic) bond motifs is 1. The molecule has 2 aromatic rings. The molecule has 0 aliphatic carbocycles. The van der Waals surface area contributed by atoms with E-state index in [1.54, 1.807) is 26.8 Å². The lowest BCUT2D eigenvalue weighted by Crippen LogP contribution is -2.40. The molecule has 0 radical (unpaired) electrons. The largest absolute Gasteiger partial charge is 0.480 e. The van der Waals surface area contributed by atoms with Gasteiger partial charge in [-0.1, -0.05) is 12.1 Å². The van der Waals surface area contributed by atoms with Gasteiger partial charge in [0.2, 0.25) is 0 Å². The monoisotopic (exact) mass is 293 g/mol. The third-order valence-corrected chi connectivity index (χ3v) is 3.30. The Labute approximate surface area is 121 Å². The molecule has 1 N–H and O–H groups in total. The number of furan rings is 1. The summed E-state index contributed by atoms with van der Waals surface area (Å²) in [6.45, 7) is 4.63. The van der Waals surface area contributed by atoms with Gasteiger partial charge in [-0.25, -0.2) is 4.39 Å². The van der Waals surface area contributed by atoms with Crippen LogP contribution in [0.25, 0.3) is 11.0 Å². The first-order valence-corrected chi connectivity index (χ1v) is 6.53. The van der Waals surface area contributed by atoms with Crippen LogP contribution in [-0.2, 0) is 4.79 Å². The molecular weight excluding hydrogens is 277 g/mol. The van der Waals surface area contributed by atoms with Crippen LogP contribution >= 0.6 is 0 Å². The maximum absolute atomic E-state index is 13.7. The SMILES string of the molecule is Cc1c(C(=O)N(CC(=O)O)C(C)C)oc2c(F)cccc12. The normalized spacial score (nSPS) is 11.1. The van der Waals surface area contributed by atoms with Crippen LogP contribution in [0.5, 0.6) is 0 Å². The number of aliphatic carboxylic acids is 1. The van der Waals surface area contributed by atoms with E-state index in [4.69, 9.17) is 9.52 Å². The van der Waals surface area contributed by atoms with E-state index in [-0.39, 0.29) is 17.4 Å². The average Bonchev–Trinajstić information content (AvgIpc) is 2.74. The number of benzene rings is 1. The first-order valence-electron chi connectivity index (χ1n) is 6.53. The summed E-state index contributed by atoms with van der Waals surface area (Å²) in [5.41, 5.74) is 0.517. The Morgan fingerprint density at radius 3 is 2.57 bits per heavy atom. The lowest BCUT2D eigenvalue weighted by atomic mass is 10.1. The van der Waals surface area contributed by atoms with Gasteiger partial charge in [0.15, 0.2) is 17.2 Å². The molecule has 1 aromatic carbocycles. The Hall–Kier alpha value is -2.37. The third-order valence-electron chi connectivity index (χ3n) is 3.30. The molecule has 0 aliphatic heterocycles. The molecule has 21 heavy (non-hydrogen) atoms. The van der Waals surface area contributed by atoms with Gasteiger partial charge in [0.25, 0.3) is 5.91 Å². The summed E-state index contributed by atoms with van der Waals surface area (Å²) in [7, 11) is 0. The van der Waals surface area contributed by atoms with Gasteiger partial charge in [-0.05, 0) is 26.8 Å². The Balaban J connectivity index is 2.49. The second-order valence-electron chi connectivity index (χ2n) is 5.09. The van der Waals surface area contributed by atoms with E-state index >= 15 is 0 Å². The number of amides is 1. The quantitative estimate of drug-likeness (QED) is 0.941. The van der Waals surface area contributed by atoms with Crippen LogP contribution < -0.4 is 0 Å². The number of carboxylic acids is 1. The molecule has 5 nitrogen and oxygen atoms in total. The van der Waals surface area contributed by atoms with E-state index in [2.05, 4.69) is 0 Å². The van der Waals surface area contributed by atoms with Crippen molar-refractivity contribution < 1.29 is 23.5 Å². The minimum atomic E-state index is -1.11. The van der Waals surface area contributed by atoms with Crippen molar-refractivity contribution in [3.8, 4) is 0 Å². The van der Waals surface area contributed by atoms with Crippen molar-refractivity contribution in [3.63, 3.8) is 0 Å². The summed E-state index contributed by atoms with van der Waals surface area (Å²) in [6, 6.07) is 4.12. The molecule has 0 saturated heterocycles. The molecule has 6 heteroatoms. The minimum absolute atomic E-state index is 0.0115. The minimum Gasteiger partial charge on any atom is -0.480 e. The van der Waals surface area contributed by atoms with Crippen LogP contribution in [0.2, 0.25) is 0 Å². The Bertz CT molecular complexity index is 705. The molecular formula is C15H16FNO4. The second-order valence-corrected chi connectivity index (χ2v) is 5.09. The Kier molecular flexibility index (Phi) is 3.97. The van der Waals surface area contributed by atoms with Gasteiger partial charge in [0.05, 0.1) is 0 Å². The maximum Gasteiger partial charge on any atom is 0.323 e. The summed E-state index contributed by atoms with van der Waals surface area (Å²) in [5, 5.41) is 9.41. The van der Waals surface area contributed by atoms with Crippen molar-refractivity contribution in [2.24, 2.45) is 0 Å². The molecule has 2 rings (SSSR count). The number of carbonyl (C=O) groups excluding carboxylic acids is 1. The van der Waals surface area contributed by atoms with E-state index in [1.807, 2.05) is 0 Å². The summed E-state index contributed by atoms with van der Waals surface area (Å²) in [5.74, 6) is -2.24. The van der Waals surface area contributed by atoms with Gasteiger partial charge in [-0.2, -0.15) is 0 Å². The van der Waals surface area contributed by atoms with Gasteiger partial charge in [0, 0.05) is 17.0 Å². The fourth-order valence-corrected chi connectivity index (χ4v) is 2.18. The molecule has 0 spiro atoms. The topological polar surface area (TPSA) is 70.8 Å². The fourth-order valence-electron chi connectivity index (χ4n) is 2.18. The smallest absolute Gasteiger partial charge is 0.323 e. The van der Waals surface area contributed by atoms with Crippen LogP contribution in [-0.4, -0.2) is 34.5 Å². The standard InChI is InChI=1S/C15H16FNO4/c1-8(2)17(7-12(18)19)15(20)13-9(3)10-5-4-6-11(16)14(10)21-13/h4-6,8H,7H2,1-3H3,(H,18,19). The molecule has 0 fully saturated rings. The highest BCUT2D eigenvalue weighted by atomic mass is 19.1. The number of nitrogens with zero attached hydrogens (tertiary/aromatic N) is 1. The summed E-state index contributed by atoms with van der Waals surface area (Å²) >= 11 is 0. The van der Waals surface area contributed by atoms with E-state index in [1.165, 1.54) is 17.0 Å². The Morgan fingerprint density at radius 2 is 2.05 bits per heavy atom. The Morgan fingerprint density at radius 1 is 1.38 bits per heavy atom. The maximum atomic E-state index is 13.7. The molecule has 0 bridgehead atoms. The van der Waals surface area contributed by atoms with Crippen LogP contribution in [0.3, 0.4) is 0 Å². The highest BCUT2D eigenvalue weighted by molar-refractivity contribution is 6.00. The van der Waals surface area contributed by atoms with Gasteiger partial charge >= 0.3 is 5.97 Å². The van der Waals surface area contributed by atoms with E-state index in [9.17, 15) is 14.0 Å². The first-order chi connectivity index (χ1) is 9.82. The molecule has 0 atom stereocenters. The average molecular weight is 293 g/mol. The van der Waals surface area contributed by atoms with Crippen LogP contribution in [0.15, 0.2) is 22.6 Å². The van der Waals surface area contributed by atoms with Crippen molar-refractivity contribution in [2.75, 3.05) is 6.54 Å². The van der Waals surface area contributed by atoms with Crippen molar-refractivity contribution in [2.45, 2.75) is 26.8 Å². The number of para-hydroxylation sites is 1. The molecule has 1 aromatic heterocycles. The molecule has 0 aliphatic rings. The molecule has 0 unspecified atom stereocenters. The molecule has 112 valence electrons. The highest BCUT2D eigenvalue weighted by Crippen LogP contribution is 2.28. The zero-order valence-electron chi connectivity index (χ0n) is 12.0. The van der Waals surface area contributed by atoms with Crippen molar-refractivity contribution in [3.05, 3.63) is 35.3 Å². The number of halogens is 1. The molecule has 1 amide bonds. The van der Waals surface area contributed by atoms with Crippen LogP contribution in [0.1, 0.15) is 30.0 Å². The van der Waals surface area contributed by atoms with E-state index < -0.39 is 24.2 Å². The lowest BCUT2D eigenvalue weighted by Gasteiger charge is -2.23. The van der Waals surface area contributed by atoms with Crippen molar-refractivity contribution in [1.82, 2.24) is 4.90 Å². The summed E-state index contributed by atoms with van der Waals surface area (Å²) in [6.07, 6.45) is 0. The number of rotatable bonds is 4. The highest BCUT2D eigenvalue weighted by Gasteiger charge is 2.27. The van der Waals surface area contributed by atoms with Gasteiger partial charge < -0.3 is 14.4 Å². The van der Waals surface area contributed by atoms with Gasteiger partial charge in [-0.15, -0.1) is 0 Å². The zero-order chi connectivity index (χ0) is 15.7. The lowest BCUT2D eigenvalue weighted by molar-refractivity contribution is -0.138. The van der Waals surface area contributed by atoms with Crippen LogP contribution in [0.4, 0.5) is 4.39 Å². The third kappa shape index (κ3) is 2.74. The zero-order valence-corrected chi connectivity index (χ0v) is 12.0. The number of hydrogen-bond donors (Lipinski definition) is 1. The second kappa shape index (κ2) is 5.55. The van der Waals surface area contributed by atoms with Crippen molar-refractivity contribution >= 4 is 22.8 Å². The first kappa shape index (κ1) is 15.0. The number of carbonyl (C=O) groups is 2. The van der Waals surface area contributed by atoms with Gasteiger partial charge in [-0.3, -0.25) is 9.59 Å². The summed E-state index contributed by atoms with van der Waals surface area (Å²) < 4.78 is 19.0. The molecule has 1 heterocycles. The summed E-state index contributed by atoms with van der Waals surface area (Å²) in [4.78, 5) is 24.5. The van der Waals surface area contributed by atoms with E-state index in [0.717, 1.165) is 0 Å². The predicted octanol–water partition coefficient (Wildman–Crippen LogP) is 2.82. The number of carboxylic acid groups (broad SMARTS) is 1. The number of aryl methyl sites for hydroxylation is 1. The predicted molar refractivity (Wildman–Crippen MR) is 74.7 cm³/mol. The fraction of sp³-hybridized carbons (Fsp3) is 0.333.